The molecule has 1 amide bonds. The Morgan fingerprint density at radius 3 is 2.80 bits per heavy atom. The summed E-state index contributed by atoms with van der Waals surface area (Å²) < 4.78 is 18.8. The molecule has 0 radical (unpaired) electrons. The van der Waals surface area contributed by atoms with E-state index in [0.29, 0.717) is 12.0 Å². The van der Waals surface area contributed by atoms with Crippen molar-refractivity contribution in [2.75, 3.05) is 6.61 Å². The Labute approximate surface area is 176 Å². The average Bonchev–Trinajstić information content (AvgIpc) is 3.14. The van der Waals surface area contributed by atoms with E-state index < -0.39 is 5.82 Å². The SMILES string of the molecule is O=C(COc1ccc(Cl)c(F)c1)CC12CC(NC(=O)c3cnc4[nH]ccc4c3)(C1)C2. The van der Waals surface area contributed by atoms with Gasteiger partial charge in [-0.15, -0.1) is 0 Å². The summed E-state index contributed by atoms with van der Waals surface area (Å²) in [5.41, 5.74) is 1.01. The number of pyridine rings is 1. The smallest absolute Gasteiger partial charge is 0.253 e. The maximum Gasteiger partial charge on any atom is 0.253 e. The average molecular weight is 428 g/mol. The molecule has 0 saturated heterocycles. The second-order valence-corrected chi connectivity index (χ2v) is 8.89. The minimum absolute atomic E-state index is 0.0127. The van der Waals surface area contributed by atoms with Gasteiger partial charge in [0.15, 0.2) is 5.78 Å². The molecule has 3 fully saturated rings. The van der Waals surface area contributed by atoms with Crippen molar-refractivity contribution in [2.45, 2.75) is 31.2 Å². The van der Waals surface area contributed by atoms with Gasteiger partial charge >= 0.3 is 0 Å². The molecule has 30 heavy (non-hydrogen) atoms. The van der Waals surface area contributed by atoms with Crippen molar-refractivity contribution in [3.8, 4) is 5.75 Å². The van der Waals surface area contributed by atoms with Crippen LogP contribution in [0.15, 0.2) is 42.7 Å². The first kappa shape index (κ1) is 19.1. The highest BCUT2D eigenvalue weighted by Crippen LogP contribution is 2.69. The summed E-state index contributed by atoms with van der Waals surface area (Å²) in [5.74, 6) is -0.477. The van der Waals surface area contributed by atoms with E-state index in [4.69, 9.17) is 16.3 Å². The van der Waals surface area contributed by atoms with E-state index in [2.05, 4.69) is 15.3 Å². The molecule has 1 aromatic carbocycles. The monoisotopic (exact) mass is 427 g/mol. The van der Waals surface area contributed by atoms with Crippen LogP contribution < -0.4 is 10.1 Å². The highest BCUT2D eigenvalue weighted by atomic mass is 35.5. The number of aromatic nitrogens is 2. The van der Waals surface area contributed by atoms with Crippen LogP contribution in [0, 0.1) is 11.2 Å². The first-order valence-electron chi connectivity index (χ1n) is 9.71. The number of ketones is 1. The summed E-state index contributed by atoms with van der Waals surface area (Å²) in [7, 11) is 0. The summed E-state index contributed by atoms with van der Waals surface area (Å²) in [5, 5.41) is 4.02. The van der Waals surface area contributed by atoms with E-state index in [-0.39, 0.29) is 40.0 Å². The summed E-state index contributed by atoms with van der Waals surface area (Å²) in [6.07, 6.45) is 6.11. The molecule has 0 aliphatic heterocycles. The minimum Gasteiger partial charge on any atom is -0.486 e. The number of hydrogen-bond acceptors (Lipinski definition) is 4. The summed E-state index contributed by atoms with van der Waals surface area (Å²) in [6.45, 7) is -0.107. The van der Waals surface area contributed by atoms with Crippen LogP contribution in [-0.2, 0) is 4.79 Å². The minimum atomic E-state index is -0.579. The number of benzene rings is 1. The number of H-pyrrole nitrogens is 1. The number of ether oxygens (including phenoxy) is 1. The number of nitrogens with one attached hydrogen (secondary N) is 2. The highest BCUT2D eigenvalue weighted by molar-refractivity contribution is 6.30. The number of Topliss-reactive ketones (excluding diaryl/α,β-unsaturated/α-hetero) is 1. The van der Waals surface area contributed by atoms with Crippen LogP contribution in [-0.4, -0.2) is 33.8 Å². The number of rotatable bonds is 7. The Kier molecular flexibility index (Phi) is 4.32. The molecule has 154 valence electrons. The maximum absolute atomic E-state index is 13.4. The van der Waals surface area contributed by atoms with E-state index in [1.165, 1.54) is 18.2 Å². The molecule has 3 aliphatic rings. The van der Waals surface area contributed by atoms with Gasteiger partial charge < -0.3 is 15.0 Å². The van der Waals surface area contributed by atoms with Crippen LogP contribution in [0.25, 0.3) is 11.0 Å². The first-order chi connectivity index (χ1) is 14.4. The lowest BCUT2D eigenvalue weighted by Crippen LogP contribution is -2.75. The van der Waals surface area contributed by atoms with Gasteiger partial charge in [-0.25, -0.2) is 9.37 Å². The fourth-order valence-electron chi connectivity index (χ4n) is 4.89. The molecular formula is C22H19ClFN3O3. The molecule has 0 unspecified atom stereocenters. The summed E-state index contributed by atoms with van der Waals surface area (Å²) >= 11 is 5.64. The van der Waals surface area contributed by atoms with Gasteiger partial charge in [-0.2, -0.15) is 0 Å². The van der Waals surface area contributed by atoms with Crippen molar-refractivity contribution in [1.82, 2.24) is 15.3 Å². The third kappa shape index (κ3) is 3.33. The fraction of sp³-hybridized carbons (Fsp3) is 0.318. The van der Waals surface area contributed by atoms with Crippen molar-refractivity contribution in [2.24, 2.45) is 5.41 Å². The third-order valence-electron chi connectivity index (χ3n) is 6.04. The summed E-state index contributed by atoms with van der Waals surface area (Å²) in [4.78, 5) is 32.2. The van der Waals surface area contributed by atoms with E-state index >= 15 is 0 Å². The highest BCUT2D eigenvalue weighted by Gasteiger charge is 2.68. The van der Waals surface area contributed by atoms with Crippen LogP contribution in [0.5, 0.6) is 5.75 Å². The number of hydrogen-bond donors (Lipinski definition) is 2. The molecule has 6 rings (SSSR count). The number of fused-ring (bicyclic) bond motifs is 1. The topological polar surface area (TPSA) is 84.1 Å². The zero-order chi connectivity index (χ0) is 20.9. The van der Waals surface area contributed by atoms with Crippen molar-refractivity contribution >= 4 is 34.3 Å². The quantitative estimate of drug-likeness (QED) is 0.596. The van der Waals surface area contributed by atoms with Crippen LogP contribution in [0.2, 0.25) is 5.02 Å². The number of amides is 1. The number of aromatic amines is 1. The Balaban J connectivity index is 1.11. The first-order valence-corrected chi connectivity index (χ1v) is 10.1. The molecule has 3 saturated carbocycles. The van der Waals surface area contributed by atoms with Gasteiger partial charge in [0.1, 0.15) is 23.8 Å². The standard InChI is InChI=1S/C22H19ClFN3O3/c23-17-2-1-16(6-18(17)24)30-9-15(28)7-21-10-22(11-21,12-21)27-20(29)14-5-13-3-4-25-19(13)26-8-14/h1-6,8H,7,9-12H2,(H,25,26)(H,27,29). The van der Waals surface area contributed by atoms with Crippen molar-refractivity contribution in [3.05, 3.63) is 59.1 Å². The molecule has 0 spiro atoms. The molecule has 6 nitrogen and oxygen atoms in total. The van der Waals surface area contributed by atoms with Crippen molar-refractivity contribution in [3.63, 3.8) is 0 Å². The molecule has 2 aromatic heterocycles. The maximum atomic E-state index is 13.4. The number of nitrogens with zero attached hydrogens (tertiary/aromatic N) is 1. The van der Waals surface area contributed by atoms with Gasteiger partial charge in [-0.3, -0.25) is 9.59 Å². The number of carbonyl (C=O) groups is 2. The molecule has 3 aliphatic carbocycles. The van der Waals surface area contributed by atoms with E-state index in [1.54, 1.807) is 12.4 Å². The van der Waals surface area contributed by atoms with E-state index in [1.807, 2.05) is 12.1 Å². The Hall–Kier alpha value is -2.93. The molecule has 2 heterocycles. The van der Waals surface area contributed by atoms with Gasteiger partial charge in [-0.05, 0) is 48.9 Å². The van der Waals surface area contributed by atoms with Gasteiger partial charge in [0, 0.05) is 35.8 Å². The van der Waals surface area contributed by atoms with E-state index in [9.17, 15) is 14.0 Å². The molecular weight excluding hydrogens is 409 g/mol. The second-order valence-electron chi connectivity index (χ2n) is 8.48. The predicted octanol–water partition coefficient (Wildman–Crippen LogP) is 4.05. The van der Waals surface area contributed by atoms with Gasteiger partial charge in [0.2, 0.25) is 0 Å². The Bertz CT molecular complexity index is 1160. The predicted molar refractivity (Wildman–Crippen MR) is 109 cm³/mol. The lowest BCUT2D eigenvalue weighted by atomic mass is 9.38. The lowest BCUT2D eigenvalue weighted by molar-refractivity contribution is -0.162. The third-order valence-corrected chi connectivity index (χ3v) is 6.35. The van der Waals surface area contributed by atoms with Crippen LogP contribution in [0.4, 0.5) is 4.39 Å². The molecule has 3 aromatic rings. The lowest BCUT2D eigenvalue weighted by Gasteiger charge is -2.70. The van der Waals surface area contributed by atoms with Crippen LogP contribution in [0.1, 0.15) is 36.0 Å². The second kappa shape index (κ2) is 6.80. The van der Waals surface area contributed by atoms with Crippen molar-refractivity contribution in [1.29, 1.82) is 0 Å². The van der Waals surface area contributed by atoms with Crippen LogP contribution >= 0.6 is 11.6 Å². The summed E-state index contributed by atoms with van der Waals surface area (Å²) in [6, 6.07) is 7.79. The molecule has 0 atom stereocenters. The normalized spacial score (nSPS) is 24.1. The number of halogens is 2. The van der Waals surface area contributed by atoms with Gasteiger partial charge in [-0.1, -0.05) is 11.6 Å². The van der Waals surface area contributed by atoms with Crippen LogP contribution in [0.3, 0.4) is 0 Å². The molecule has 8 heteroatoms. The van der Waals surface area contributed by atoms with Gasteiger partial charge in [0.05, 0.1) is 10.6 Å². The molecule has 2 N–H and O–H groups in total. The fourth-order valence-corrected chi connectivity index (χ4v) is 5.01. The number of carbonyl (C=O) groups excluding carboxylic acids is 2. The zero-order valence-electron chi connectivity index (χ0n) is 16.0. The van der Waals surface area contributed by atoms with E-state index in [0.717, 1.165) is 30.3 Å². The zero-order valence-corrected chi connectivity index (χ0v) is 16.8. The molecule has 2 bridgehead atoms. The Morgan fingerprint density at radius 1 is 1.23 bits per heavy atom. The van der Waals surface area contributed by atoms with Gasteiger partial charge in [0.25, 0.3) is 5.91 Å². The largest absolute Gasteiger partial charge is 0.486 e. The Morgan fingerprint density at radius 2 is 2.03 bits per heavy atom. The van der Waals surface area contributed by atoms with Crippen molar-refractivity contribution < 1.29 is 18.7 Å².